The minimum Gasteiger partial charge on any atom is -0.250 e. The van der Waals surface area contributed by atoms with Crippen molar-refractivity contribution in [2.75, 3.05) is 0 Å². The standard InChI is InChI=1S/C26H21N4/c1-18-10-3-4-11-19(18)20-12-5-7-14-22(20)30-25-24(16-9-17-28(25)2)29-23-15-8-6-13-21(23)27-26(29)30/h3-17H,1-2H3/q+1. The second-order valence-electron chi connectivity index (χ2n) is 7.73. The Kier molecular flexibility index (Phi) is 3.56. The third-order valence-corrected chi connectivity index (χ3v) is 5.90. The Morgan fingerprint density at radius 2 is 1.43 bits per heavy atom. The van der Waals surface area contributed by atoms with Crippen LogP contribution in [-0.2, 0) is 7.05 Å². The average molecular weight is 389 g/mol. The van der Waals surface area contributed by atoms with Crippen molar-refractivity contribution in [1.29, 1.82) is 0 Å². The lowest BCUT2D eigenvalue weighted by Crippen LogP contribution is -2.30. The van der Waals surface area contributed by atoms with Crippen molar-refractivity contribution in [2.24, 2.45) is 7.05 Å². The van der Waals surface area contributed by atoms with Crippen molar-refractivity contribution in [3.8, 4) is 16.8 Å². The van der Waals surface area contributed by atoms with Gasteiger partial charge in [0, 0.05) is 5.56 Å². The summed E-state index contributed by atoms with van der Waals surface area (Å²) < 4.78 is 6.73. The Morgan fingerprint density at radius 3 is 2.30 bits per heavy atom. The van der Waals surface area contributed by atoms with E-state index >= 15 is 0 Å². The normalized spacial score (nSPS) is 11.7. The molecule has 0 saturated heterocycles. The van der Waals surface area contributed by atoms with Gasteiger partial charge < -0.3 is 0 Å². The van der Waals surface area contributed by atoms with Gasteiger partial charge in [-0.3, -0.25) is 4.40 Å². The summed E-state index contributed by atoms with van der Waals surface area (Å²) in [6.07, 6.45) is 2.09. The van der Waals surface area contributed by atoms with Crippen molar-refractivity contribution < 1.29 is 4.57 Å². The van der Waals surface area contributed by atoms with Gasteiger partial charge in [-0.25, -0.2) is 4.57 Å². The highest BCUT2D eigenvalue weighted by Gasteiger charge is 2.27. The summed E-state index contributed by atoms with van der Waals surface area (Å²) in [5.74, 6) is 0.925. The van der Waals surface area contributed by atoms with Crippen LogP contribution in [0.25, 0.3) is 44.8 Å². The Morgan fingerprint density at radius 1 is 0.733 bits per heavy atom. The molecule has 0 aliphatic heterocycles. The molecule has 0 unspecified atom stereocenters. The lowest BCUT2D eigenvalue weighted by Gasteiger charge is -2.10. The molecular weight excluding hydrogens is 368 g/mol. The van der Waals surface area contributed by atoms with Crippen LogP contribution in [0.2, 0.25) is 0 Å². The minimum atomic E-state index is 0.925. The van der Waals surface area contributed by atoms with Gasteiger partial charge in [-0.15, -0.1) is 0 Å². The molecule has 6 rings (SSSR count). The van der Waals surface area contributed by atoms with E-state index < -0.39 is 0 Å². The quantitative estimate of drug-likeness (QED) is 0.372. The SMILES string of the molecule is Cc1ccccc1-c1ccccc1-n1c2nc3ccccc3n2c2ccc[n+](C)c21. The van der Waals surface area contributed by atoms with Gasteiger partial charge in [0.25, 0.3) is 0 Å². The molecule has 30 heavy (non-hydrogen) atoms. The molecule has 0 radical (unpaired) electrons. The Labute approximate surface area is 174 Å². The molecule has 0 aliphatic carbocycles. The summed E-state index contributed by atoms with van der Waals surface area (Å²) in [5.41, 5.74) is 9.21. The zero-order valence-electron chi connectivity index (χ0n) is 16.9. The summed E-state index contributed by atoms with van der Waals surface area (Å²) in [5, 5.41) is 0. The van der Waals surface area contributed by atoms with E-state index in [1.54, 1.807) is 0 Å². The first-order valence-electron chi connectivity index (χ1n) is 10.2. The fourth-order valence-electron chi connectivity index (χ4n) is 4.52. The monoisotopic (exact) mass is 389 g/mol. The second-order valence-corrected chi connectivity index (χ2v) is 7.73. The molecule has 4 nitrogen and oxygen atoms in total. The maximum absolute atomic E-state index is 5.04. The fraction of sp³-hybridized carbons (Fsp3) is 0.0769. The molecule has 3 aromatic heterocycles. The lowest BCUT2D eigenvalue weighted by molar-refractivity contribution is -0.647. The summed E-state index contributed by atoms with van der Waals surface area (Å²) in [4.78, 5) is 5.04. The van der Waals surface area contributed by atoms with Crippen LogP contribution in [0.5, 0.6) is 0 Å². The number of fused-ring (bicyclic) bond motifs is 5. The lowest BCUT2D eigenvalue weighted by atomic mass is 9.99. The topological polar surface area (TPSA) is 26.1 Å². The highest BCUT2D eigenvalue weighted by Crippen LogP contribution is 2.34. The van der Waals surface area contributed by atoms with Crippen LogP contribution in [0.4, 0.5) is 0 Å². The Hall–Kier alpha value is -3.92. The van der Waals surface area contributed by atoms with Gasteiger partial charge >= 0.3 is 11.4 Å². The van der Waals surface area contributed by atoms with E-state index in [1.165, 1.54) is 16.7 Å². The first-order chi connectivity index (χ1) is 14.7. The number of benzene rings is 3. The molecule has 0 aliphatic rings. The maximum Gasteiger partial charge on any atom is 0.314 e. The Bertz CT molecular complexity index is 1570. The molecule has 0 N–H and O–H groups in total. The zero-order chi connectivity index (χ0) is 20.2. The van der Waals surface area contributed by atoms with Crippen molar-refractivity contribution in [3.63, 3.8) is 0 Å². The molecule has 4 heteroatoms. The van der Waals surface area contributed by atoms with Gasteiger partial charge in [-0.1, -0.05) is 54.6 Å². The highest BCUT2D eigenvalue weighted by atomic mass is 15.3. The number of imidazole rings is 2. The molecule has 0 fully saturated rings. The van der Waals surface area contributed by atoms with Gasteiger partial charge in [0.15, 0.2) is 0 Å². The van der Waals surface area contributed by atoms with Crippen LogP contribution in [0.3, 0.4) is 0 Å². The maximum atomic E-state index is 5.04. The van der Waals surface area contributed by atoms with Gasteiger partial charge in [-0.2, -0.15) is 9.55 Å². The first-order valence-corrected chi connectivity index (χ1v) is 10.2. The van der Waals surface area contributed by atoms with E-state index in [-0.39, 0.29) is 0 Å². The van der Waals surface area contributed by atoms with Crippen molar-refractivity contribution in [1.82, 2.24) is 14.0 Å². The molecule has 0 saturated carbocycles. The minimum absolute atomic E-state index is 0.925. The molecule has 144 valence electrons. The Balaban J connectivity index is 1.82. The summed E-state index contributed by atoms with van der Waals surface area (Å²) in [7, 11) is 2.09. The number of hydrogen-bond acceptors (Lipinski definition) is 1. The summed E-state index contributed by atoms with van der Waals surface area (Å²) in [6.45, 7) is 2.17. The van der Waals surface area contributed by atoms with E-state index in [1.807, 2.05) is 6.07 Å². The average Bonchev–Trinajstić information content (AvgIpc) is 3.30. The number of rotatable bonds is 2. The number of hydrogen-bond donors (Lipinski definition) is 0. The number of nitrogens with zero attached hydrogens (tertiary/aromatic N) is 4. The largest absolute Gasteiger partial charge is 0.314 e. The predicted molar refractivity (Wildman–Crippen MR) is 121 cm³/mol. The van der Waals surface area contributed by atoms with E-state index in [2.05, 4.69) is 113 Å². The van der Waals surface area contributed by atoms with Crippen LogP contribution >= 0.6 is 0 Å². The third kappa shape index (κ3) is 2.28. The van der Waals surface area contributed by atoms with Crippen molar-refractivity contribution in [2.45, 2.75) is 6.92 Å². The van der Waals surface area contributed by atoms with Crippen molar-refractivity contribution >= 4 is 28.0 Å². The molecule has 0 spiro atoms. The molecule has 0 bridgehead atoms. The number of aryl methyl sites for hydroxylation is 2. The zero-order valence-corrected chi connectivity index (χ0v) is 16.9. The van der Waals surface area contributed by atoms with E-state index in [4.69, 9.17) is 4.98 Å². The van der Waals surface area contributed by atoms with Gasteiger partial charge in [-0.05, 0) is 48.4 Å². The van der Waals surface area contributed by atoms with Crippen LogP contribution in [0, 0.1) is 6.92 Å². The van der Waals surface area contributed by atoms with Crippen LogP contribution in [0.1, 0.15) is 5.56 Å². The van der Waals surface area contributed by atoms with Gasteiger partial charge in [0.05, 0.1) is 24.3 Å². The summed E-state index contributed by atoms with van der Waals surface area (Å²) in [6, 6.07) is 29.7. The second kappa shape index (κ2) is 6.29. The van der Waals surface area contributed by atoms with E-state index in [9.17, 15) is 0 Å². The molecular formula is C26H21N4+. The fourth-order valence-corrected chi connectivity index (χ4v) is 4.52. The first kappa shape index (κ1) is 17.0. The number of pyridine rings is 1. The molecule has 3 heterocycles. The summed E-state index contributed by atoms with van der Waals surface area (Å²) >= 11 is 0. The molecule has 3 aromatic carbocycles. The van der Waals surface area contributed by atoms with Crippen molar-refractivity contribution in [3.05, 3.63) is 96.7 Å². The highest BCUT2D eigenvalue weighted by molar-refractivity contribution is 5.90. The van der Waals surface area contributed by atoms with Gasteiger partial charge in [0.1, 0.15) is 11.2 Å². The smallest absolute Gasteiger partial charge is 0.250 e. The van der Waals surface area contributed by atoms with Crippen LogP contribution < -0.4 is 4.57 Å². The van der Waals surface area contributed by atoms with Gasteiger partial charge in [0.2, 0.25) is 0 Å². The number of para-hydroxylation sites is 3. The molecule has 0 amide bonds. The van der Waals surface area contributed by atoms with E-state index in [0.29, 0.717) is 0 Å². The van der Waals surface area contributed by atoms with Crippen LogP contribution in [0.15, 0.2) is 91.1 Å². The molecule has 6 aromatic rings. The van der Waals surface area contributed by atoms with E-state index in [0.717, 1.165) is 33.7 Å². The predicted octanol–water partition coefficient (Wildman–Crippen LogP) is 5.23. The molecule has 0 atom stereocenters. The number of aromatic nitrogens is 4. The van der Waals surface area contributed by atoms with Crippen LogP contribution in [-0.4, -0.2) is 14.0 Å². The third-order valence-electron chi connectivity index (χ3n) is 5.90.